The molecule has 0 spiro atoms. The largest absolute Gasteiger partial charge is 4.00 e. The Labute approximate surface area is 268 Å². The zero-order chi connectivity index (χ0) is 0. The molecule has 0 aliphatic heterocycles. The van der Waals surface area contributed by atoms with Gasteiger partial charge < -0.3 is 131 Å². The van der Waals surface area contributed by atoms with Crippen LogP contribution in [0.5, 0.6) is 0 Å². The molecule has 0 radical (unpaired) electrons. The van der Waals surface area contributed by atoms with Crippen molar-refractivity contribution in [3.05, 3.63) is 0 Å². The average Bonchev–Trinajstić information content (AvgIpc) is 0. The Balaban J connectivity index is 0. The van der Waals surface area contributed by atoms with E-state index in [1.807, 2.05) is 0 Å². The van der Waals surface area contributed by atoms with Crippen molar-refractivity contribution in [3.63, 3.8) is 0 Å². The molecule has 23 heteroatoms. The van der Waals surface area contributed by atoms with E-state index in [9.17, 15) is 0 Å². The van der Waals surface area contributed by atoms with E-state index in [1.54, 1.807) is 0 Å². The molecule has 0 rings (SSSR count). The molecule has 144 valence electrons. The van der Waals surface area contributed by atoms with Crippen molar-refractivity contribution in [2.45, 2.75) is 0 Å². The first-order valence-electron chi connectivity index (χ1n) is 0. The van der Waals surface area contributed by atoms with Gasteiger partial charge in [-0.1, -0.05) is 0 Å². The van der Waals surface area contributed by atoms with Gasteiger partial charge in [0.05, 0.1) is 0 Å². The first kappa shape index (κ1) is 688. The van der Waals surface area contributed by atoms with Gasteiger partial charge in [0.2, 0.25) is 0 Å². The Hall–Kier alpha value is 5.64. The first-order valence-corrected chi connectivity index (χ1v) is 0. The summed E-state index contributed by atoms with van der Waals surface area (Å²) in [5.74, 6) is 0. The van der Waals surface area contributed by atoms with Crippen LogP contribution >= 0.6 is 0 Å². The van der Waals surface area contributed by atoms with E-state index in [4.69, 9.17) is 0 Å². The van der Waals surface area contributed by atoms with Crippen LogP contribution in [0.4, 0.5) is 0 Å². The standard InChI is InChI=1S/4Na.14H2O.4S.Sn/h;;;;14*1H2;;;;;/q4*+1;;;;;;;;;;;;;;;4*-2;+4/p-8. The van der Waals surface area contributed by atoms with E-state index in [0.717, 1.165) is 0 Å². The third kappa shape index (κ3) is 571. The van der Waals surface area contributed by atoms with Gasteiger partial charge in [-0.2, -0.15) is 0 Å². The van der Waals surface area contributed by atoms with Gasteiger partial charge in [0, 0.05) is 0 Å². The molecule has 0 aromatic heterocycles. The molecule has 0 aromatic rings. The Kier molecular flexibility index (Phi) is 18500. The van der Waals surface area contributed by atoms with Gasteiger partial charge in [0.25, 0.3) is 0 Å². The maximum absolute atomic E-state index is 0. The Bertz CT molecular complexity index is 34.7. The van der Waals surface area contributed by atoms with Gasteiger partial charge in [0.15, 0.2) is 0 Å². The number of rotatable bonds is 0. The molecule has 0 saturated carbocycles. The van der Waals surface area contributed by atoms with E-state index < -0.39 is 0 Å². The van der Waals surface area contributed by atoms with Gasteiger partial charge in [-0.25, -0.2) is 0 Å². The van der Waals surface area contributed by atoms with Crippen molar-refractivity contribution < 1.29 is 195 Å². The fourth-order valence-electron chi connectivity index (χ4n) is 0. The van der Waals surface area contributed by atoms with E-state index >= 15 is 0 Å². The summed E-state index contributed by atoms with van der Waals surface area (Å²) in [6.07, 6.45) is 0. The number of hydrogen-bond donors (Lipinski definition) is 0. The molecule has 0 aliphatic rings. The van der Waals surface area contributed by atoms with Crippen LogP contribution in [0.3, 0.4) is 0 Å². The minimum atomic E-state index is 0. The maximum atomic E-state index is 0. The second-order valence-electron chi connectivity index (χ2n) is 0. The van der Waals surface area contributed by atoms with Crippen LogP contribution in [0.15, 0.2) is 0 Å². The van der Waals surface area contributed by atoms with E-state index in [1.165, 1.54) is 0 Å². The normalized spacial score (nSPS) is 0. The van der Waals surface area contributed by atoms with Gasteiger partial charge >= 0.3 is 142 Å². The quantitative estimate of drug-likeness (QED) is 0.246. The molecule has 20 N–H and O–H groups in total. The molecule has 0 unspecified atom stereocenters. The van der Waals surface area contributed by atoms with Crippen LogP contribution in [0.25, 0.3) is 0 Å². The van der Waals surface area contributed by atoms with Crippen molar-refractivity contribution >= 4 is 77.9 Å². The maximum Gasteiger partial charge on any atom is 4.00 e. The Morgan fingerprint density at radius 1 is 0.217 bits per heavy atom. The molecule has 0 atom stereocenters. The van der Waals surface area contributed by atoms with Crippen molar-refractivity contribution in [1.29, 1.82) is 0 Å². The van der Waals surface area contributed by atoms with Crippen molar-refractivity contribution in [2.75, 3.05) is 0 Å². The fourth-order valence-corrected chi connectivity index (χ4v) is 0. The van der Waals surface area contributed by atoms with Crippen molar-refractivity contribution in [1.82, 2.24) is 0 Å². The van der Waals surface area contributed by atoms with E-state index in [-0.39, 0.29) is 273 Å². The van der Waals surface area contributed by atoms with Crippen LogP contribution in [-0.4, -0.2) is 101 Å². The molecular weight excluding hydrogens is 563 g/mol. The smallest absolute Gasteiger partial charge is 2.00 e. The van der Waals surface area contributed by atoms with Gasteiger partial charge in [-0.15, -0.1) is 0 Å². The van der Waals surface area contributed by atoms with Gasteiger partial charge in [0.1, 0.15) is 0 Å². The summed E-state index contributed by atoms with van der Waals surface area (Å²) in [7, 11) is 0. The topological polar surface area (TPSA) is 429 Å². The van der Waals surface area contributed by atoms with E-state index in [2.05, 4.69) is 0 Å². The van der Waals surface area contributed by atoms with Crippen LogP contribution < -0.4 is 118 Å². The predicted octanol–water partition coefficient (Wildman–Crippen LogP) is -18.7. The SMILES string of the molecule is O.O.O.O.O.O.[Na+].[Na+].[Na+].[Na+].[OH-].[OH-].[OH-].[OH-].[OH-].[OH-].[OH-].[OH-].[S-2].[S-2].[S-2].[S-2].[Sn+4]. The summed E-state index contributed by atoms with van der Waals surface area (Å²) in [5.41, 5.74) is 0. The summed E-state index contributed by atoms with van der Waals surface area (Å²) < 4.78 is 0. The van der Waals surface area contributed by atoms with Crippen LogP contribution in [0.2, 0.25) is 0 Å². The second kappa shape index (κ2) is 617. The Morgan fingerprint density at radius 3 is 0.217 bits per heavy atom. The Morgan fingerprint density at radius 2 is 0.217 bits per heavy atom. The third-order valence-corrected chi connectivity index (χ3v) is 0. The van der Waals surface area contributed by atoms with Crippen LogP contribution in [-0.2, 0) is 54.0 Å². The molecule has 0 saturated heterocycles. The summed E-state index contributed by atoms with van der Waals surface area (Å²) in [6.45, 7) is 0. The molecule has 14 nitrogen and oxygen atoms in total. The minimum Gasteiger partial charge on any atom is -2.00 e. The number of hydrogen-bond acceptors (Lipinski definition) is 8. The molecule has 0 bridgehead atoms. The average molecular weight is 583 g/mol. The fraction of sp³-hybridized carbons (Fsp3) is 0. The minimum absolute atomic E-state index is 0. The molecule has 23 heavy (non-hydrogen) atoms. The van der Waals surface area contributed by atoms with E-state index in [0.29, 0.717) is 0 Å². The second-order valence-corrected chi connectivity index (χ2v) is 0. The molecule has 0 aliphatic carbocycles. The predicted molar refractivity (Wildman–Crippen MR) is 72.4 cm³/mol. The van der Waals surface area contributed by atoms with Gasteiger partial charge in [-0.05, 0) is 0 Å². The third-order valence-electron chi connectivity index (χ3n) is 0. The van der Waals surface area contributed by atoms with Crippen LogP contribution in [0, 0.1) is 0 Å². The van der Waals surface area contributed by atoms with Crippen LogP contribution in [0.1, 0.15) is 0 Å². The molecule has 0 amide bonds. The zero-order valence-electron chi connectivity index (χ0n) is 12.7. The summed E-state index contributed by atoms with van der Waals surface area (Å²) in [5, 5.41) is 0. The van der Waals surface area contributed by atoms with Crippen molar-refractivity contribution in [3.8, 4) is 0 Å². The van der Waals surface area contributed by atoms with Crippen molar-refractivity contribution in [2.24, 2.45) is 0 Å². The molecule has 0 aromatic carbocycles. The summed E-state index contributed by atoms with van der Waals surface area (Å²) in [6, 6.07) is 0. The molecule has 0 fully saturated rings. The zero-order valence-corrected chi connectivity index (χ0v) is 26.8. The first-order chi connectivity index (χ1) is 0. The van der Waals surface area contributed by atoms with Gasteiger partial charge in [-0.3, -0.25) is 0 Å². The molecular formula is H20Na4O14S4Sn-8. The molecule has 0 heterocycles. The monoisotopic (exact) mass is 584 g/mol. The summed E-state index contributed by atoms with van der Waals surface area (Å²) >= 11 is 0. The summed E-state index contributed by atoms with van der Waals surface area (Å²) in [4.78, 5) is 0.